The van der Waals surface area contributed by atoms with Crippen LogP contribution in [-0.2, 0) is 10.5 Å². The number of halogens is 1. The Labute approximate surface area is 113 Å². The van der Waals surface area contributed by atoms with Gasteiger partial charge in [-0.15, -0.1) is 0 Å². The zero-order chi connectivity index (χ0) is 12.5. The molecule has 0 radical (unpaired) electrons. The van der Waals surface area contributed by atoms with Crippen molar-refractivity contribution < 1.29 is 4.74 Å². The van der Waals surface area contributed by atoms with E-state index >= 15 is 0 Å². The van der Waals surface area contributed by atoms with Gasteiger partial charge in [0.15, 0.2) is 0 Å². The van der Waals surface area contributed by atoms with Crippen LogP contribution in [0.2, 0.25) is 5.02 Å². The van der Waals surface area contributed by atoms with Gasteiger partial charge in [0.2, 0.25) is 0 Å². The van der Waals surface area contributed by atoms with E-state index in [1.165, 1.54) is 5.56 Å². The number of hydrogen-bond donors (Lipinski definition) is 1. The van der Waals surface area contributed by atoms with Gasteiger partial charge in [-0.25, -0.2) is 0 Å². The van der Waals surface area contributed by atoms with Crippen LogP contribution in [0.1, 0.15) is 12.5 Å². The molecule has 96 valence electrons. The zero-order valence-electron chi connectivity index (χ0n) is 10.4. The molecule has 0 spiro atoms. The summed E-state index contributed by atoms with van der Waals surface area (Å²) in [4.78, 5) is 0. The molecule has 0 aromatic heterocycles. The maximum atomic E-state index is 5.84. The molecular formula is C13H20ClNOS. The molecule has 1 aromatic carbocycles. The SMILES string of the molecule is COCCNCC(C)SCc1ccc(Cl)cc1. The van der Waals surface area contributed by atoms with E-state index in [1.54, 1.807) is 7.11 Å². The molecule has 1 atom stereocenters. The van der Waals surface area contributed by atoms with Crippen molar-refractivity contribution in [1.82, 2.24) is 5.32 Å². The Morgan fingerprint density at radius 3 is 2.71 bits per heavy atom. The van der Waals surface area contributed by atoms with Crippen LogP contribution in [0.15, 0.2) is 24.3 Å². The lowest BCUT2D eigenvalue weighted by Gasteiger charge is -2.12. The van der Waals surface area contributed by atoms with E-state index in [2.05, 4.69) is 24.4 Å². The fourth-order valence-corrected chi connectivity index (χ4v) is 2.39. The van der Waals surface area contributed by atoms with Gasteiger partial charge in [-0.3, -0.25) is 0 Å². The van der Waals surface area contributed by atoms with Gasteiger partial charge in [0, 0.05) is 36.2 Å². The average Bonchev–Trinajstić information content (AvgIpc) is 2.34. The number of benzene rings is 1. The summed E-state index contributed by atoms with van der Waals surface area (Å²) in [6.07, 6.45) is 0. The van der Waals surface area contributed by atoms with Gasteiger partial charge < -0.3 is 10.1 Å². The van der Waals surface area contributed by atoms with Crippen molar-refractivity contribution in [1.29, 1.82) is 0 Å². The molecule has 1 N–H and O–H groups in total. The van der Waals surface area contributed by atoms with Gasteiger partial charge >= 0.3 is 0 Å². The number of hydrogen-bond acceptors (Lipinski definition) is 3. The van der Waals surface area contributed by atoms with E-state index in [-0.39, 0.29) is 0 Å². The fourth-order valence-electron chi connectivity index (χ4n) is 1.36. The molecule has 0 aliphatic heterocycles. The Hall–Kier alpha value is -0.220. The summed E-state index contributed by atoms with van der Waals surface area (Å²) in [5.41, 5.74) is 1.32. The zero-order valence-corrected chi connectivity index (χ0v) is 12.0. The van der Waals surface area contributed by atoms with Crippen molar-refractivity contribution in [3.05, 3.63) is 34.9 Å². The topological polar surface area (TPSA) is 21.3 Å². The molecule has 1 aromatic rings. The number of ether oxygens (including phenoxy) is 1. The molecule has 4 heteroatoms. The Kier molecular flexibility index (Phi) is 7.69. The minimum absolute atomic E-state index is 0.600. The molecule has 0 aliphatic carbocycles. The molecule has 0 heterocycles. The quantitative estimate of drug-likeness (QED) is 0.735. The van der Waals surface area contributed by atoms with Gasteiger partial charge in [0.1, 0.15) is 0 Å². The first kappa shape index (κ1) is 14.8. The van der Waals surface area contributed by atoms with Crippen molar-refractivity contribution >= 4 is 23.4 Å². The first-order valence-electron chi connectivity index (χ1n) is 5.78. The van der Waals surface area contributed by atoms with Crippen LogP contribution in [0.25, 0.3) is 0 Å². The second-order valence-corrected chi connectivity index (χ2v) is 5.81. The van der Waals surface area contributed by atoms with Crippen LogP contribution in [0.3, 0.4) is 0 Å². The van der Waals surface area contributed by atoms with Crippen LogP contribution in [0.5, 0.6) is 0 Å². The lowest BCUT2D eigenvalue weighted by atomic mass is 10.2. The maximum absolute atomic E-state index is 5.84. The van der Waals surface area contributed by atoms with Crippen molar-refractivity contribution in [2.45, 2.75) is 17.9 Å². The third-order valence-electron chi connectivity index (χ3n) is 2.36. The summed E-state index contributed by atoms with van der Waals surface area (Å²) in [5.74, 6) is 1.03. The van der Waals surface area contributed by atoms with E-state index in [0.717, 1.165) is 30.5 Å². The maximum Gasteiger partial charge on any atom is 0.0587 e. The van der Waals surface area contributed by atoms with Crippen LogP contribution in [0, 0.1) is 0 Å². The van der Waals surface area contributed by atoms with E-state index < -0.39 is 0 Å². The minimum atomic E-state index is 0.600. The third-order valence-corrected chi connectivity index (χ3v) is 3.85. The number of rotatable bonds is 8. The number of thioether (sulfide) groups is 1. The Bertz CT molecular complexity index is 305. The third kappa shape index (κ3) is 6.94. The monoisotopic (exact) mass is 273 g/mol. The molecule has 0 saturated heterocycles. The first-order valence-corrected chi connectivity index (χ1v) is 7.20. The summed E-state index contributed by atoms with van der Waals surface area (Å²) < 4.78 is 4.98. The standard InChI is InChI=1S/C13H20ClNOS/c1-11(9-15-7-8-16-2)17-10-12-3-5-13(14)6-4-12/h3-6,11,15H,7-10H2,1-2H3. The van der Waals surface area contributed by atoms with Crippen LogP contribution < -0.4 is 5.32 Å². The van der Waals surface area contributed by atoms with E-state index in [4.69, 9.17) is 16.3 Å². The largest absolute Gasteiger partial charge is 0.383 e. The van der Waals surface area contributed by atoms with Crippen molar-refractivity contribution in [3.8, 4) is 0 Å². The normalized spacial score (nSPS) is 12.6. The van der Waals surface area contributed by atoms with Gasteiger partial charge in [-0.2, -0.15) is 11.8 Å². The van der Waals surface area contributed by atoms with Gasteiger partial charge in [0.25, 0.3) is 0 Å². The number of nitrogens with one attached hydrogen (secondary N) is 1. The van der Waals surface area contributed by atoms with Crippen molar-refractivity contribution in [3.63, 3.8) is 0 Å². The molecule has 17 heavy (non-hydrogen) atoms. The molecule has 1 unspecified atom stereocenters. The smallest absolute Gasteiger partial charge is 0.0587 e. The summed E-state index contributed by atoms with van der Waals surface area (Å²) in [5, 5.41) is 4.76. The van der Waals surface area contributed by atoms with Gasteiger partial charge in [0.05, 0.1) is 6.61 Å². The Morgan fingerprint density at radius 1 is 1.35 bits per heavy atom. The molecule has 0 aliphatic rings. The molecule has 1 rings (SSSR count). The summed E-state index contributed by atoms with van der Waals surface area (Å²) in [7, 11) is 1.72. The van der Waals surface area contributed by atoms with Crippen LogP contribution >= 0.6 is 23.4 Å². The number of methoxy groups -OCH3 is 1. The lowest BCUT2D eigenvalue weighted by molar-refractivity contribution is 0.199. The predicted octanol–water partition coefficient (Wildman–Crippen LogP) is 3.20. The van der Waals surface area contributed by atoms with E-state index in [0.29, 0.717) is 5.25 Å². The molecule has 0 bridgehead atoms. The minimum Gasteiger partial charge on any atom is -0.383 e. The lowest BCUT2D eigenvalue weighted by Crippen LogP contribution is -2.26. The van der Waals surface area contributed by atoms with Crippen LogP contribution in [0.4, 0.5) is 0 Å². The first-order chi connectivity index (χ1) is 8.22. The molecule has 0 fully saturated rings. The highest BCUT2D eigenvalue weighted by molar-refractivity contribution is 7.99. The molecule has 0 saturated carbocycles. The van der Waals surface area contributed by atoms with Crippen molar-refractivity contribution in [2.75, 3.05) is 26.8 Å². The highest BCUT2D eigenvalue weighted by Crippen LogP contribution is 2.18. The van der Waals surface area contributed by atoms with E-state index in [1.807, 2.05) is 23.9 Å². The molecule has 0 amide bonds. The summed E-state index contributed by atoms with van der Waals surface area (Å²) >= 11 is 7.79. The highest BCUT2D eigenvalue weighted by Gasteiger charge is 2.02. The average molecular weight is 274 g/mol. The summed E-state index contributed by atoms with van der Waals surface area (Å²) in [6.45, 7) is 4.94. The summed E-state index contributed by atoms with van der Waals surface area (Å²) in [6, 6.07) is 8.05. The van der Waals surface area contributed by atoms with Crippen molar-refractivity contribution in [2.24, 2.45) is 0 Å². The fraction of sp³-hybridized carbons (Fsp3) is 0.538. The predicted molar refractivity (Wildman–Crippen MR) is 77.0 cm³/mol. The molecular weight excluding hydrogens is 254 g/mol. The second kappa shape index (κ2) is 8.81. The second-order valence-electron chi connectivity index (χ2n) is 3.95. The van der Waals surface area contributed by atoms with Gasteiger partial charge in [-0.05, 0) is 17.7 Å². The van der Waals surface area contributed by atoms with Gasteiger partial charge in [-0.1, -0.05) is 30.7 Å². The van der Waals surface area contributed by atoms with E-state index in [9.17, 15) is 0 Å². The highest BCUT2D eigenvalue weighted by atomic mass is 35.5. The van der Waals surface area contributed by atoms with Crippen LogP contribution in [-0.4, -0.2) is 32.1 Å². The molecule has 2 nitrogen and oxygen atoms in total. The Morgan fingerprint density at radius 2 is 2.06 bits per heavy atom. The Balaban J connectivity index is 2.14.